The summed E-state index contributed by atoms with van der Waals surface area (Å²) in [6, 6.07) is 0.663. The number of carbonyl (C=O) groups excluding carboxylic acids is 1. The lowest BCUT2D eigenvalue weighted by Gasteiger charge is -2.37. The molecule has 1 aliphatic heterocycles. The van der Waals surface area contributed by atoms with Gasteiger partial charge < -0.3 is 10.2 Å². The van der Waals surface area contributed by atoms with Gasteiger partial charge in [0, 0.05) is 26.1 Å². The van der Waals surface area contributed by atoms with Crippen LogP contribution in [-0.4, -0.2) is 37.0 Å². The van der Waals surface area contributed by atoms with E-state index < -0.39 is 0 Å². The molecule has 1 aliphatic carbocycles. The summed E-state index contributed by atoms with van der Waals surface area (Å²) >= 11 is 0. The van der Waals surface area contributed by atoms with Crippen LogP contribution in [0.25, 0.3) is 0 Å². The lowest BCUT2D eigenvalue weighted by atomic mass is 9.92. The molecule has 0 spiro atoms. The summed E-state index contributed by atoms with van der Waals surface area (Å²) < 4.78 is 0. The summed E-state index contributed by atoms with van der Waals surface area (Å²) in [7, 11) is 2.04. The molecule has 2 aliphatic rings. The summed E-state index contributed by atoms with van der Waals surface area (Å²) in [5, 5.41) is 3.39. The van der Waals surface area contributed by atoms with Crippen LogP contribution in [0.1, 0.15) is 19.8 Å². The van der Waals surface area contributed by atoms with Crippen LogP contribution in [0.15, 0.2) is 0 Å². The molecule has 3 nitrogen and oxygen atoms in total. The fourth-order valence-electron chi connectivity index (χ4n) is 2.95. The number of piperidine rings is 1. The minimum atomic E-state index is 0.242. The van der Waals surface area contributed by atoms with Crippen LogP contribution < -0.4 is 5.32 Å². The van der Waals surface area contributed by atoms with Crippen molar-refractivity contribution in [2.75, 3.05) is 20.1 Å². The first-order valence-electron chi connectivity index (χ1n) is 5.15. The van der Waals surface area contributed by atoms with Gasteiger partial charge in [-0.2, -0.15) is 0 Å². The number of likely N-dealkylation sites (tertiary alicyclic amines) is 1. The summed E-state index contributed by atoms with van der Waals surface area (Å²) in [6.07, 6.45) is 2.58. The Morgan fingerprint density at radius 2 is 1.85 bits per heavy atom. The summed E-state index contributed by atoms with van der Waals surface area (Å²) in [6.45, 7) is 3.62. The van der Waals surface area contributed by atoms with Crippen LogP contribution in [0.2, 0.25) is 0 Å². The van der Waals surface area contributed by atoms with E-state index in [0.29, 0.717) is 17.9 Å². The fraction of sp³-hybridized carbons (Fsp3) is 0.900. The molecule has 0 aromatic rings. The van der Waals surface area contributed by atoms with Crippen molar-refractivity contribution in [2.45, 2.75) is 25.8 Å². The summed E-state index contributed by atoms with van der Waals surface area (Å²) in [5.74, 6) is 1.65. The predicted molar refractivity (Wildman–Crippen MR) is 51.3 cm³/mol. The fourth-order valence-corrected chi connectivity index (χ4v) is 2.95. The second-order valence-electron chi connectivity index (χ2n) is 4.34. The lowest BCUT2D eigenvalue weighted by molar-refractivity contribution is -0.131. The maximum Gasteiger partial charge on any atom is 0.219 e. The SMILES string of the molecule is CNC1C2CCC1CN(C(C)=O)C2. The van der Waals surface area contributed by atoms with Gasteiger partial charge in [-0.1, -0.05) is 0 Å². The second-order valence-corrected chi connectivity index (χ2v) is 4.34. The highest BCUT2D eigenvalue weighted by atomic mass is 16.2. The van der Waals surface area contributed by atoms with Crippen LogP contribution in [0.5, 0.6) is 0 Å². The lowest BCUT2D eigenvalue weighted by Crippen LogP contribution is -2.51. The van der Waals surface area contributed by atoms with Gasteiger partial charge >= 0.3 is 0 Å². The Morgan fingerprint density at radius 3 is 2.23 bits per heavy atom. The number of hydrogen-bond acceptors (Lipinski definition) is 2. The second kappa shape index (κ2) is 3.29. The third-order valence-electron chi connectivity index (χ3n) is 3.61. The Bertz CT molecular complexity index is 203. The van der Waals surface area contributed by atoms with Gasteiger partial charge in [-0.3, -0.25) is 4.79 Å². The van der Waals surface area contributed by atoms with Crippen LogP contribution in [0, 0.1) is 11.8 Å². The number of amides is 1. The van der Waals surface area contributed by atoms with Crippen molar-refractivity contribution in [3.8, 4) is 0 Å². The molecule has 2 unspecified atom stereocenters. The quantitative estimate of drug-likeness (QED) is 0.639. The Labute approximate surface area is 79.5 Å². The maximum absolute atomic E-state index is 11.2. The Balaban J connectivity index is 2.06. The number of nitrogens with one attached hydrogen (secondary N) is 1. The van der Waals surface area contributed by atoms with Gasteiger partial charge in [0.1, 0.15) is 0 Å². The molecular weight excluding hydrogens is 164 g/mol. The molecule has 0 aromatic heterocycles. The van der Waals surface area contributed by atoms with Gasteiger partial charge in [0.2, 0.25) is 5.91 Å². The average Bonchev–Trinajstić information content (AvgIpc) is 2.34. The zero-order chi connectivity index (χ0) is 9.42. The van der Waals surface area contributed by atoms with Crippen molar-refractivity contribution in [3.05, 3.63) is 0 Å². The third kappa shape index (κ3) is 1.46. The van der Waals surface area contributed by atoms with Gasteiger partial charge in [0.15, 0.2) is 0 Å². The number of hydrogen-bond donors (Lipinski definition) is 1. The minimum absolute atomic E-state index is 0.242. The van der Waals surface area contributed by atoms with E-state index in [4.69, 9.17) is 0 Å². The molecule has 3 heteroatoms. The summed E-state index contributed by atoms with van der Waals surface area (Å²) in [5.41, 5.74) is 0. The molecule has 0 aromatic carbocycles. The Hall–Kier alpha value is -0.570. The van der Waals surface area contributed by atoms with E-state index in [9.17, 15) is 4.79 Å². The van der Waals surface area contributed by atoms with E-state index in [1.807, 2.05) is 11.9 Å². The highest BCUT2D eigenvalue weighted by Crippen LogP contribution is 2.36. The van der Waals surface area contributed by atoms with Crippen molar-refractivity contribution in [3.63, 3.8) is 0 Å². The minimum Gasteiger partial charge on any atom is -0.342 e. The van der Waals surface area contributed by atoms with Gasteiger partial charge in [-0.15, -0.1) is 0 Å². The molecule has 2 fully saturated rings. The van der Waals surface area contributed by atoms with Crippen molar-refractivity contribution >= 4 is 5.91 Å². The number of rotatable bonds is 1. The molecule has 1 amide bonds. The molecule has 1 saturated heterocycles. The summed E-state index contributed by atoms with van der Waals surface area (Å²) in [4.78, 5) is 13.2. The van der Waals surface area contributed by atoms with E-state index in [1.54, 1.807) is 6.92 Å². The molecule has 1 saturated carbocycles. The standard InChI is InChI=1S/C10H18N2O/c1-7(13)12-5-8-3-4-9(6-12)10(8)11-2/h8-11H,3-6H2,1-2H3. The Morgan fingerprint density at radius 1 is 1.31 bits per heavy atom. The van der Waals surface area contributed by atoms with Crippen molar-refractivity contribution in [2.24, 2.45) is 11.8 Å². The molecule has 1 N–H and O–H groups in total. The van der Waals surface area contributed by atoms with Crippen LogP contribution >= 0.6 is 0 Å². The van der Waals surface area contributed by atoms with E-state index >= 15 is 0 Å². The maximum atomic E-state index is 11.2. The van der Waals surface area contributed by atoms with Crippen LogP contribution in [0.3, 0.4) is 0 Å². The van der Waals surface area contributed by atoms with Gasteiger partial charge in [0.25, 0.3) is 0 Å². The van der Waals surface area contributed by atoms with E-state index in [1.165, 1.54) is 12.8 Å². The van der Waals surface area contributed by atoms with Crippen molar-refractivity contribution in [1.82, 2.24) is 10.2 Å². The predicted octanol–water partition coefficient (Wildman–Crippen LogP) is 0.463. The largest absolute Gasteiger partial charge is 0.342 e. The molecule has 2 rings (SSSR count). The van der Waals surface area contributed by atoms with E-state index in [2.05, 4.69) is 5.32 Å². The van der Waals surface area contributed by atoms with E-state index in [-0.39, 0.29) is 5.91 Å². The number of nitrogens with zero attached hydrogens (tertiary/aromatic N) is 1. The molecule has 2 atom stereocenters. The Kier molecular flexibility index (Phi) is 2.28. The van der Waals surface area contributed by atoms with Crippen LogP contribution in [0.4, 0.5) is 0 Å². The zero-order valence-electron chi connectivity index (χ0n) is 8.42. The zero-order valence-corrected chi connectivity index (χ0v) is 8.42. The first-order valence-corrected chi connectivity index (χ1v) is 5.15. The van der Waals surface area contributed by atoms with E-state index in [0.717, 1.165) is 13.1 Å². The highest BCUT2D eigenvalue weighted by Gasteiger charge is 2.41. The molecule has 74 valence electrons. The molecular formula is C10H18N2O. The molecule has 0 radical (unpaired) electrons. The average molecular weight is 182 g/mol. The first-order chi connectivity index (χ1) is 6.22. The smallest absolute Gasteiger partial charge is 0.219 e. The van der Waals surface area contributed by atoms with Gasteiger partial charge in [0.05, 0.1) is 0 Å². The van der Waals surface area contributed by atoms with Crippen LogP contribution in [-0.2, 0) is 4.79 Å². The molecule has 2 bridgehead atoms. The molecule has 13 heavy (non-hydrogen) atoms. The highest BCUT2D eigenvalue weighted by molar-refractivity contribution is 5.73. The van der Waals surface area contributed by atoms with Gasteiger partial charge in [-0.25, -0.2) is 0 Å². The molecule has 1 heterocycles. The normalized spacial score (nSPS) is 38.0. The van der Waals surface area contributed by atoms with Crippen molar-refractivity contribution in [1.29, 1.82) is 0 Å². The first kappa shape index (κ1) is 9.00. The topological polar surface area (TPSA) is 32.3 Å². The third-order valence-corrected chi connectivity index (χ3v) is 3.61. The monoisotopic (exact) mass is 182 g/mol. The number of carbonyl (C=O) groups is 1. The van der Waals surface area contributed by atoms with Gasteiger partial charge in [-0.05, 0) is 31.7 Å². The number of fused-ring (bicyclic) bond motifs is 2. The van der Waals surface area contributed by atoms with Crippen molar-refractivity contribution < 1.29 is 4.79 Å².